The minimum absolute atomic E-state index is 0.0378. The maximum atomic E-state index is 13.6. The van der Waals surface area contributed by atoms with Crippen LogP contribution in [0.5, 0.6) is 5.75 Å². The summed E-state index contributed by atoms with van der Waals surface area (Å²) in [6.45, 7) is 3.93. The fourth-order valence-corrected chi connectivity index (χ4v) is 1.50. The van der Waals surface area contributed by atoms with Gasteiger partial charge in [-0.15, -0.1) is 0 Å². The molecule has 0 bridgehead atoms. The zero-order valence-corrected chi connectivity index (χ0v) is 9.98. The van der Waals surface area contributed by atoms with E-state index in [-0.39, 0.29) is 17.7 Å². The van der Waals surface area contributed by atoms with Gasteiger partial charge in [0.2, 0.25) is 0 Å². The highest BCUT2D eigenvalue weighted by atomic mass is 19.1. The second-order valence-corrected chi connectivity index (χ2v) is 3.85. The number of ether oxygens (including phenoxy) is 1. The number of oxime groups is 1. The number of amidine groups is 1. The molecule has 0 heterocycles. The van der Waals surface area contributed by atoms with Crippen LogP contribution in [0.4, 0.5) is 4.39 Å². The lowest BCUT2D eigenvalue weighted by Crippen LogP contribution is -2.15. The Morgan fingerprint density at radius 3 is 2.82 bits per heavy atom. The summed E-state index contributed by atoms with van der Waals surface area (Å²) in [7, 11) is 0. The van der Waals surface area contributed by atoms with Crippen LogP contribution in [0.25, 0.3) is 0 Å². The molecule has 17 heavy (non-hydrogen) atoms. The normalized spacial score (nSPS) is 13.5. The predicted octanol–water partition coefficient (Wildman–Crippen LogP) is 2.49. The Kier molecular flexibility index (Phi) is 4.75. The predicted molar refractivity (Wildman–Crippen MR) is 63.9 cm³/mol. The van der Waals surface area contributed by atoms with Gasteiger partial charge in [0, 0.05) is 5.56 Å². The Morgan fingerprint density at radius 1 is 1.59 bits per heavy atom. The van der Waals surface area contributed by atoms with E-state index in [0.717, 1.165) is 12.8 Å². The van der Waals surface area contributed by atoms with Crippen molar-refractivity contribution in [3.8, 4) is 5.75 Å². The molecule has 0 saturated heterocycles. The Balaban J connectivity index is 2.83. The first-order chi connectivity index (χ1) is 8.08. The maximum Gasteiger partial charge on any atom is 0.170 e. The number of rotatable bonds is 5. The molecule has 1 aromatic rings. The van der Waals surface area contributed by atoms with Gasteiger partial charge in [-0.25, -0.2) is 4.39 Å². The zero-order chi connectivity index (χ0) is 12.8. The second-order valence-electron chi connectivity index (χ2n) is 3.85. The van der Waals surface area contributed by atoms with E-state index in [0.29, 0.717) is 5.56 Å². The highest BCUT2D eigenvalue weighted by Crippen LogP contribution is 2.20. The molecule has 0 aliphatic heterocycles. The SMILES string of the molecule is CCCC(C)Oc1ccc(/C(N)=N/O)cc1F. The summed E-state index contributed by atoms with van der Waals surface area (Å²) >= 11 is 0. The third-order valence-corrected chi connectivity index (χ3v) is 2.36. The van der Waals surface area contributed by atoms with Crippen molar-refractivity contribution in [2.45, 2.75) is 32.8 Å². The van der Waals surface area contributed by atoms with Crippen molar-refractivity contribution in [2.24, 2.45) is 10.9 Å². The second kappa shape index (κ2) is 6.08. The number of hydrogen-bond donors (Lipinski definition) is 2. The van der Waals surface area contributed by atoms with Gasteiger partial charge >= 0.3 is 0 Å². The van der Waals surface area contributed by atoms with Crippen LogP contribution < -0.4 is 10.5 Å². The molecule has 4 nitrogen and oxygen atoms in total. The first-order valence-corrected chi connectivity index (χ1v) is 5.52. The number of halogens is 1. The number of nitrogens with two attached hydrogens (primary N) is 1. The van der Waals surface area contributed by atoms with Gasteiger partial charge in [0.15, 0.2) is 17.4 Å². The van der Waals surface area contributed by atoms with E-state index >= 15 is 0 Å². The molecule has 1 aromatic carbocycles. The van der Waals surface area contributed by atoms with Crippen LogP contribution in [0.2, 0.25) is 0 Å². The van der Waals surface area contributed by atoms with Crippen LogP contribution in [-0.2, 0) is 0 Å². The topological polar surface area (TPSA) is 67.8 Å². The lowest BCUT2D eigenvalue weighted by atomic mass is 10.2. The third kappa shape index (κ3) is 3.62. The standard InChI is InChI=1S/C12H17FN2O2/c1-3-4-8(2)17-11-6-5-9(7-10(11)13)12(14)15-16/h5-8,16H,3-4H2,1-2H3,(H2,14,15). The molecular formula is C12H17FN2O2. The summed E-state index contributed by atoms with van der Waals surface area (Å²) in [6.07, 6.45) is 1.80. The van der Waals surface area contributed by atoms with E-state index in [1.54, 1.807) is 6.07 Å². The van der Waals surface area contributed by atoms with Crippen molar-refractivity contribution in [1.82, 2.24) is 0 Å². The van der Waals surface area contributed by atoms with E-state index in [2.05, 4.69) is 5.16 Å². The van der Waals surface area contributed by atoms with E-state index in [1.165, 1.54) is 12.1 Å². The van der Waals surface area contributed by atoms with E-state index < -0.39 is 5.82 Å². The molecule has 0 saturated carbocycles. The molecule has 1 atom stereocenters. The van der Waals surface area contributed by atoms with Gasteiger partial charge in [0.05, 0.1) is 6.10 Å². The molecule has 0 spiro atoms. The fourth-order valence-electron chi connectivity index (χ4n) is 1.50. The first kappa shape index (κ1) is 13.3. The van der Waals surface area contributed by atoms with Gasteiger partial charge < -0.3 is 15.7 Å². The Bertz CT molecular complexity index is 407. The van der Waals surface area contributed by atoms with Crippen LogP contribution in [0, 0.1) is 5.82 Å². The molecule has 0 aliphatic rings. The van der Waals surface area contributed by atoms with Gasteiger partial charge in [-0.05, 0) is 31.5 Å². The Morgan fingerprint density at radius 2 is 2.29 bits per heavy atom. The van der Waals surface area contributed by atoms with Crippen LogP contribution >= 0.6 is 0 Å². The molecule has 1 rings (SSSR count). The molecule has 3 N–H and O–H groups in total. The summed E-state index contributed by atoms with van der Waals surface area (Å²) in [5.74, 6) is -0.463. The number of nitrogens with zero attached hydrogens (tertiary/aromatic N) is 1. The molecule has 0 fully saturated rings. The highest BCUT2D eigenvalue weighted by Gasteiger charge is 2.10. The van der Waals surface area contributed by atoms with Crippen LogP contribution in [0.3, 0.4) is 0 Å². The molecule has 0 radical (unpaired) electrons. The van der Waals surface area contributed by atoms with Crippen molar-refractivity contribution in [2.75, 3.05) is 0 Å². The van der Waals surface area contributed by atoms with E-state index in [1.807, 2.05) is 13.8 Å². The number of benzene rings is 1. The lowest BCUT2D eigenvalue weighted by molar-refractivity contribution is 0.201. The van der Waals surface area contributed by atoms with E-state index in [9.17, 15) is 4.39 Å². The molecule has 94 valence electrons. The molecule has 5 heteroatoms. The Hall–Kier alpha value is -1.78. The average Bonchev–Trinajstić information content (AvgIpc) is 2.31. The molecule has 0 aromatic heterocycles. The zero-order valence-electron chi connectivity index (χ0n) is 9.98. The smallest absolute Gasteiger partial charge is 0.170 e. The molecule has 0 amide bonds. The van der Waals surface area contributed by atoms with Crippen molar-refractivity contribution in [3.63, 3.8) is 0 Å². The minimum Gasteiger partial charge on any atom is -0.488 e. The van der Waals surface area contributed by atoms with Gasteiger partial charge in [0.25, 0.3) is 0 Å². The van der Waals surface area contributed by atoms with Gasteiger partial charge in [-0.2, -0.15) is 0 Å². The molecular weight excluding hydrogens is 223 g/mol. The summed E-state index contributed by atoms with van der Waals surface area (Å²) in [6, 6.07) is 4.21. The fraction of sp³-hybridized carbons (Fsp3) is 0.417. The lowest BCUT2D eigenvalue weighted by Gasteiger charge is -2.14. The minimum atomic E-state index is -0.517. The molecule has 1 unspecified atom stereocenters. The maximum absolute atomic E-state index is 13.6. The van der Waals surface area contributed by atoms with Gasteiger partial charge in [-0.3, -0.25) is 0 Å². The quantitative estimate of drug-likeness (QED) is 0.359. The summed E-state index contributed by atoms with van der Waals surface area (Å²) in [4.78, 5) is 0. The summed E-state index contributed by atoms with van der Waals surface area (Å²) < 4.78 is 19.1. The van der Waals surface area contributed by atoms with Crippen molar-refractivity contribution in [3.05, 3.63) is 29.6 Å². The first-order valence-electron chi connectivity index (χ1n) is 5.52. The average molecular weight is 240 g/mol. The third-order valence-electron chi connectivity index (χ3n) is 2.36. The highest BCUT2D eigenvalue weighted by molar-refractivity contribution is 5.97. The van der Waals surface area contributed by atoms with Gasteiger partial charge in [-0.1, -0.05) is 18.5 Å². The van der Waals surface area contributed by atoms with Crippen LogP contribution in [0.15, 0.2) is 23.4 Å². The summed E-state index contributed by atoms with van der Waals surface area (Å²) in [5.41, 5.74) is 5.67. The Labute approximate surface area is 99.9 Å². The monoisotopic (exact) mass is 240 g/mol. The van der Waals surface area contributed by atoms with Crippen molar-refractivity contribution < 1.29 is 14.3 Å². The summed E-state index contributed by atoms with van der Waals surface area (Å²) in [5, 5.41) is 11.3. The van der Waals surface area contributed by atoms with E-state index in [4.69, 9.17) is 15.7 Å². The van der Waals surface area contributed by atoms with Crippen molar-refractivity contribution >= 4 is 5.84 Å². The largest absolute Gasteiger partial charge is 0.488 e. The van der Waals surface area contributed by atoms with Gasteiger partial charge in [0.1, 0.15) is 0 Å². The number of hydrogen-bond acceptors (Lipinski definition) is 3. The van der Waals surface area contributed by atoms with Crippen LogP contribution in [-0.4, -0.2) is 17.1 Å². The molecule has 0 aliphatic carbocycles. The van der Waals surface area contributed by atoms with Crippen LogP contribution in [0.1, 0.15) is 32.3 Å². The van der Waals surface area contributed by atoms with Crippen molar-refractivity contribution in [1.29, 1.82) is 0 Å².